The van der Waals surface area contributed by atoms with Gasteiger partial charge in [0.2, 0.25) is 17.6 Å². The van der Waals surface area contributed by atoms with Crippen LogP contribution in [0.2, 0.25) is 0 Å². The molecule has 1 unspecified atom stereocenters. The van der Waals surface area contributed by atoms with Crippen LogP contribution in [0.15, 0.2) is 22.7 Å². The third kappa shape index (κ3) is 4.40. The molecule has 7 heteroatoms. The van der Waals surface area contributed by atoms with Crippen LogP contribution in [0.1, 0.15) is 39.0 Å². The predicted molar refractivity (Wildman–Crippen MR) is 101 cm³/mol. The summed E-state index contributed by atoms with van der Waals surface area (Å²) in [4.78, 5) is 19.0. The van der Waals surface area contributed by atoms with Crippen LogP contribution < -0.4 is 9.47 Å². The molecule has 27 heavy (non-hydrogen) atoms. The molecule has 1 amide bonds. The van der Waals surface area contributed by atoms with Crippen LogP contribution in [0.25, 0.3) is 11.4 Å². The average Bonchev–Trinajstić information content (AvgIpc) is 3.45. The first-order valence-corrected chi connectivity index (χ1v) is 9.42. The number of carbonyl (C=O) groups is 1. The molecule has 0 N–H and O–H groups in total. The summed E-state index contributed by atoms with van der Waals surface area (Å²) >= 11 is 0. The first-order valence-electron chi connectivity index (χ1n) is 9.42. The lowest BCUT2D eigenvalue weighted by Crippen LogP contribution is -2.40. The molecule has 3 rings (SSSR count). The number of methoxy groups -OCH3 is 2. The summed E-state index contributed by atoms with van der Waals surface area (Å²) in [6.45, 7) is 4.78. The Morgan fingerprint density at radius 2 is 2.04 bits per heavy atom. The SMILES string of the molecule is CCC(C)N(CCc1nc(-c2ccc(OC)c(OC)c2)no1)C(=O)C1CC1. The van der Waals surface area contributed by atoms with Gasteiger partial charge in [0.1, 0.15) is 0 Å². The molecule has 1 fully saturated rings. The maximum absolute atomic E-state index is 12.5. The molecule has 7 nitrogen and oxygen atoms in total. The van der Waals surface area contributed by atoms with Crippen LogP contribution in [-0.2, 0) is 11.2 Å². The topological polar surface area (TPSA) is 77.7 Å². The van der Waals surface area contributed by atoms with Crippen molar-refractivity contribution in [1.82, 2.24) is 15.0 Å². The van der Waals surface area contributed by atoms with E-state index in [9.17, 15) is 4.79 Å². The zero-order valence-electron chi connectivity index (χ0n) is 16.4. The van der Waals surface area contributed by atoms with E-state index in [1.54, 1.807) is 14.2 Å². The molecule has 1 aromatic heterocycles. The zero-order chi connectivity index (χ0) is 19.4. The van der Waals surface area contributed by atoms with Gasteiger partial charge in [-0.05, 0) is 44.4 Å². The largest absolute Gasteiger partial charge is 0.493 e. The van der Waals surface area contributed by atoms with Gasteiger partial charge in [-0.1, -0.05) is 12.1 Å². The lowest BCUT2D eigenvalue weighted by atomic mass is 10.2. The van der Waals surface area contributed by atoms with Crippen molar-refractivity contribution in [3.05, 3.63) is 24.1 Å². The summed E-state index contributed by atoms with van der Waals surface area (Å²) in [6, 6.07) is 5.70. The minimum absolute atomic E-state index is 0.212. The molecular formula is C20H27N3O4. The van der Waals surface area contributed by atoms with Gasteiger partial charge in [0.15, 0.2) is 11.5 Å². The molecule has 146 valence electrons. The van der Waals surface area contributed by atoms with Gasteiger partial charge >= 0.3 is 0 Å². The Labute approximate surface area is 159 Å². The quantitative estimate of drug-likeness (QED) is 0.671. The number of rotatable bonds is 9. The van der Waals surface area contributed by atoms with Crippen molar-refractivity contribution in [2.45, 2.75) is 45.6 Å². The molecule has 1 atom stereocenters. The number of aromatic nitrogens is 2. The minimum atomic E-state index is 0.212. The summed E-state index contributed by atoms with van der Waals surface area (Å²) in [7, 11) is 3.18. The summed E-state index contributed by atoms with van der Waals surface area (Å²) in [5.74, 6) is 2.74. The van der Waals surface area contributed by atoms with Gasteiger partial charge in [-0.2, -0.15) is 4.98 Å². The van der Waals surface area contributed by atoms with Crippen molar-refractivity contribution in [1.29, 1.82) is 0 Å². The number of ether oxygens (including phenoxy) is 2. The number of amides is 1. The van der Waals surface area contributed by atoms with Crippen molar-refractivity contribution in [3.63, 3.8) is 0 Å². The minimum Gasteiger partial charge on any atom is -0.493 e. The van der Waals surface area contributed by atoms with Crippen LogP contribution in [-0.4, -0.2) is 47.8 Å². The second-order valence-electron chi connectivity index (χ2n) is 6.89. The molecule has 1 aliphatic carbocycles. The highest BCUT2D eigenvalue weighted by Gasteiger charge is 2.34. The maximum atomic E-state index is 12.5. The molecule has 0 bridgehead atoms. The van der Waals surface area contributed by atoms with E-state index in [0.29, 0.717) is 36.2 Å². The number of carbonyl (C=O) groups excluding carboxylic acids is 1. The van der Waals surface area contributed by atoms with Gasteiger partial charge in [-0.25, -0.2) is 0 Å². The monoisotopic (exact) mass is 373 g/mol. The second kappa shape index (κ2) is 8.41. The fourth-order valence-corrected chi connectivity index (χ4v) is 3.00. The molecule has 1 aromatic carbocycles. The Kier molecular flexibility index (Phi) is 5.98. The van der Waals surface area contributed by atoms with Crippen LogP contribution in [0.5, 0.6) is 11.5 Å². The average molecular weight is 373 g/mol. The van der Waals surface area contributed by atoms with Crippen LogP contribution in [0.4, 0.5) is 0 Å². The van der Waals surface area contributed by atoms with E-state index in [2.05, 4.69) is 24.0 Å². The molecule has 1 aliphatic rings. The summed E-state index contributed by atoms with van der Waals surface area (Å²) in [6.07, 6.45) is 3.49. The van der Waals surface area contributed by atoms with Gasteiger partial charge < -0.3 is 18.9 Å². The van der Waals surface area contributed by atoms with Crippen LogP contribution >= 0.6 is 0 Å². The highest BCUT2D eigenvalue weighted by molar-refractivity contribution is 5.81. The molecule has 1 heterocycles. The van der Waals surface area contributed by atoms with E-state index >= 15 is 0 Å². The van der Waals surface area contributed by atoms with Gasteiger partial charge in [0.25, 0.3) is 0 Å². The molecule has 2 aromatic rings. The van der Waals surface area contributed by atoms with Gasteiger partial charge in [-0.15, -0.1) is 0 Å². The first kappa shape index (κ1) is 19.2. The fourth-order valence-electron chi connectivity index (χ4n) is 3.00. The van der Waals surface area contributed by atoms with Crippen molar-refractivity contribution < 1.29 is 18.8 Å². The van der Waals surface area contributed by atoms with Crippen molar-refractivity contribution in [2.24, 2.45) is 5.92 Å². The lowest BCUT2D eigenvalue weighted by Gasteiger charge is -2.28. The smallest absolute Gasteiger partial charge is 0.228 e. The number of hydrogen-bond acceptors (Lipinski definition) is 6. The van der Waals surface area contributed by atoms with E-state index in [1.807, 2.05) is 23.1 Å². The Morgan fingerprint density at radius 3 is 2.67 bits per heavy atom. The van der Waals surface area contributed by atoms with E-state index in [1.165, 1.54) is 0 Å². The zero-order valence-corrected chi connectivity index (χ0v) is 16.4. The summed E-state index contributed by atoms with van der Waals surface area (Å²) in [5, 5.41) is 4.07. The Hall–Kier alpha value is -2.57. The molecule has 0 saturated heterocycles. The Bertz CT molecular complexity index is 785. The van der Waals surface area contributed by atoms with Crippen molar-refractivity contribution in [2.75, 3.05) is 20.8 Å². The maximum Gasteiger partial charge on any atom is 0.228 e. The number of benzene rings is 1. The number of nitrogens with zero attached hydrogens (tertiary/aromatic N) is 3. The van der Waals surface area contributed by atoms with Crippen molar-refractivity contribution in [3.8, 4) is 22.9 Å². The molecule has 1 saturated carbocycles. The Balaban J connectivity index is 1.69. The van der Waals surface area contributed by atoms with Gasteiger partial charge in [0, 0.05) is 30.5 Å². The fraction of sp³-hybridized carbons (Fsp3) is 0.550. The summed E-state index contributed by atoms with van der Waals surface area (Å²) < 4.78 is 16.0. The molecule has 0 spiro atoms. The van der Waals surface area contributed by atoms with Gasteiger partial charge in [-0.3, -0.25) is 4.79 Å². The molecule has 0 radical (unpaired) electrons. The Morgan fingerprint density at radius 1 is 1.30 bits per heavy atom. The van der Waals surface area contributed by atoms with Gasteiger partial charge in [0.05, 0.1) is 14.2 Å². The van der Waals surface area contributed by atoms with E-state index in [-0.39, 0.29) is 17.9 Å². The highest BCUT2D eigenvalue weighted by Crippen LogP contribution is 2.32. The van der Waals surface area contributed by atoms with E-state index in [4.69, 9.17) is 14.0 Å². The normalized spacial score (nSPS) is 14.7. The van der Waals surface area contributed by atoms with E-state index < -0.39 is 0 Å². The molecular weight excluding hydrogens is 346 g/mol. The van der Waals surface area contributed by atoms with Crippen LogP contribution in [0.3, 0.4) is 0 Å². The third-order valence-corrected chi connectivity index (χ3v) is 5.01. The van der Waals surface area contributed by atoms with Crippen molar-refractivity contribution >= 4 is 5.91 Å². The predicted octanol–water partition coefficient (Wildman–Crippen LogP) is 3.33. The molecule has 0 aliphatic heterocycles. The van der Waals surface area contributed by atoms with E-state index in [0.717, 1.165) is 24.8 Å². The third-order valence-electron chi connectivity index (χ3n) is 5.01. The first-order chi connectivity index (χ1) is 13.1. The highest BCUT2D eigenvalue weighted by atomic mass is 16.5. The standard InChI is InChI=1S/C20H27N3O4/c1-5-13(2)23(20(24)14-6-7-14)11-10-18-21-19(22-27-18)15-8-9-16(25-3)17(12-15)26-4/h8-9,12-14H,5-7,10-11H2,1-4H3. The summed E-state index contributed by atoms with van der Waals surface area (Å²) in [5.41, 5.74) is 0.787. The number of hydrogen-bond donors (Lipinski definition) is 0. The second-order valence-corrected chi connectivity index (χ2v) is 6.89. The lowest BCUT2D eigenvalue weighted by molar-refractivity contribution is -0.134. The van der Waals surface area contributed by atoms with Crippen LogP contribution in [0, 0.1) is 5.92 Å².